The van der Waals surface area contributed by atoms with Crippen LogP contribution in [0.4, 0.5) is 13.2 Å². The van der Waals surface area contributed by atoms with Gasteiger partial charge in [0.25, 0.3) is 5.56 Å². The van der Waals surface area contributed by atoms with Crippen LogP contribution in [0.3, 0.4) is 0 Å². The number of carbonyl (C=O) groups is 1. The maximum atomic E-state index is 12.9. The number of nitrogens with one attached hydrogen (secondary N) is 1. The van der Waals surface area contributed by atoms with Crippen molar-refractivity contribution in [1.29, 1.82) is 0 Å². The lowest BCUT2D eigenvalue weighted by Crippen LogP contribution is -2.53. The van der Waals surface area contributed by atoms with E-state index in [0.717, 1.165) is 6.92 Å². The van der Waals surface area contributed by atoms with Crippen molar-refractivity contribution in [3.8, 4) is 0 Å². The summed E-state index contributed by atoms with van der Waals surface area (Å²) in [5, 5.41) is 12.7. The molecule has 0 radical (unpaired) electrons. The molecule has 148 valence electrons. The summed E-state index contributed by atoms with van der Waals surface area (Å²) in [4.78, 5) is 25.7. The number of piperidine rings is 1. The van der Waals surface area contributed by atoms with E-state index in [-0.39, 0.29) is 49.7 Å². The van der Waals surface area contributed by atoms with E-state index in [1.165, 1.54) is 15.6 Å². The minimum atomic E-state index is -4.69. The zero-order valence-electron chi connectivity index (χ0n) is 15.3. The third-order valence-corrected chi connectivity index (χ3v) is 4.95. The highest BCUT2D eigenvalue weighted by Gasteiger charge is 2.55. The largest absolute Gasteiger partial charge is 0.417 e. The van der Waals surface area contributed by atoms with E-state index in [1.807, 2.05) is 13.8 Å². The van der Waals surface area contributed by atoms with Crippen molar-refractivity contribution >= 4 is 5.91 Å². The van der Waals surface area contributed by atoms with E-state index in [4.69, 9.17) is 0 Å². The van der Waals surface area contributed by atoms with Crippen LogP contribution in [-0.4, -0.2) is 50.6 Å². The SMILES string of the molecule is CC(C)Cn1[nH]c(CC(=O)N2CCC(C(C)(O)C(F)(F)F)CC2)cc1=O. The van der Waals surface area contributed by atoms with Gasteiger partial charge >= 0.3 is 6.18 Å². The molecule has 0 spiro atoms. The second-order valence-corrected chi connectivity index (χ2v) is 7.60. The Bertz CT molecular complexity index is 683. The first-order chi connectivity index (χ1) is 11.9. The Kier molecular flexibility index (Phi) is 5.89. The number of hydrogen-bond acceptors (Lipinski definition) is 3. The first-order valence-electron chi connectivity index (χ1n) is 8.77. The highest BCUT2D eigenvalue weighted by Crippen LogP contribution is 2.40. The Morgan fingerprint density at radius 3 is 2.42 bits per heavy atom. The second-order valence-electron chi connectivity index (χ2n) is 7.60. The molecule has 0 saturated carbocycles. The summed E-state index contributed by atoms with van der Waals surface area (Å²) in [6, 6.07) is 1.38. The molecule has 1 aromatic heterocycles. The fourth-order valence-electron chi connectivity index (χ4n) is 3.28. The number of H-pyrrole nitrogens is 1. The lowest BCUT2D eigenvalue weighted by Gasteiger charge is -2.40. The maximum Gasteiger partial charge on any atom is 0.417 e. The Labute approximate surface area is 150 Å². The van der Waals surface area contributed by atoms with E-state index >= 15 is 0 Å². The summed E-state index contributed by atoms with van der Waals surface area (Å²) in [7, 11) is 0. The summed E-state index contributed by atoms with van der Waals surface area (Å²) >= 11 is 0. The van der Waals surface area contributed by atoms with Crippen LogP contribution in [0, 0.1) is 11.8 Å². The quantitative estimate of drug-likeness (QED) is 0.823. The number of hydrogen-bond donors (Lipinski definition) is 2. The van der Waals surface area contributed by atoms with E-state index < -0.39 is 17.7 Å². The molecule has 1 saturated heterocycles. The van der Waals surface area contributed by atoms with Gasteiger partial charge < -0.3 is 10.0 Å². The normalized spacial score (nSPS) is 19.0. The number of aliphatic hydroxyl groups is 1. The van der Waals surface area contributed by atoms with Crippen molar-refractivity contribution in [2.24, 2.45) is 11.8 Å². The topological polar surface area (TPSA) is 78.3 Å². The van der Waals surface area contributed by atoms with Crippen molar-refractivity contribution in [1.82, 2.24) is 14.7 Å². The number of likely N-dealkylation sites (tertiary alicyclic amines) is 1. The van der Waals surface area contributed by atoms with Gasteiger partial charge in [-0.2, -0.15) is 13.2 Å². The number of aromatic amines is 1. The summed E-state index contributed by atoms with van der Waals surface area (Å²) < 4.78 is 40.2. The number of amides is 1. The number of alkyl halides is 3. The third kappa shape index (κ3) is 4.49. The molecule has 1 fully saturated rings. The van der Waals surface area contributed by atoms with Crippen LogP contribution in [0.15, 0.2) is 10.9 Å². The predicted octanol–water partition coefficient (Wildman–Crippen LogP) is 1.93. The maximum absolute atomic E-state index is 12.9. The summed E-state index contributed by atoms with van der Waals surface area (Å²) in [6.07, 6.45) is -4.52. The number of rotatable bonds is 5. The number of nitrogens with zero attached hydrogens (tertiary/aromatic N) is 2. The smallest absolute Gasteiger partial charge is 0.380 e. The Morgan fingerprint density at radius 2 is 1.92 bits per heavy atom. The van der Waals surface area contributed by atoms with Gasteiger partial charge in [0.2, 0.25) is 5.91 Å². The van der Waals surface area contributed by atoms with Gasteiger partial charge in [0.1, 0.15) is 0 Å². The lowest BCUT2D eigenvalue weighted by molar-refractivity contribution is -0.275. The average molecular weight is 377 g/mol. The van der Waals surface area contributed by atoms with Crippen LogP contribution in [0.25, 0.3) is 0 Å². The molecule has 1 unspecified atom stereocenters. The molecule has 9 heteroatoms. The van der Waals surface area contributed by atoms with Crippen LogP contribution >= 0.6 is 0 Å². The third-order valence-electron chi connectivity index (χ3n) is 4.95. The molecular weight excluding hydrogens is 351 g/mol. The predicted molar refractivity (Wildman–Crippen MR) is 89.6 cm³/mol. The summed E-state index contributed by atoms with van der Waals surface area (Å²) in [6.45, 7) is 5.57. The average Bonchev–Trinajstić information content (AvgIpc) is 2.85. The molecule has 0 aromatic carbocycles. The Morgan fingerprint density at radius 1 is 1.35 bits per heavy atom. The highest BCUT2D eigenvalue weighted by molar-refractivity contribution is 5.78. The van der Waals surface area contributed by atoms with E-state index in [1.54, 1.807) is 0 Å². The molecule has 1 atom stereocenters. The van der Waals surface area contributed by atoms with Crippen molar-refractivity contribution in [3.63, 3.8) is 0 Å². The fourth-order valence-corrected chi connectivity index (χ4v) is 3.28. The fraction of sp³-hybridized carbons (Fsp3) is 0.765. The first-order valence-corrected chi connectivity index (χ1v) is 8.77. The minimum Gasteiger partial charge on any atom is -0.380 e. The van der Waals surface area contributed by atoms with Gasteiger partial charge in [-0.1, -0.05) is 13.8 Å². The Hall–Kier alpha value is -1.77. The van der Waals surface area contributed by atoms with Crippen LogP contribution in [0.2, 0.25) is 0 Å². The monoisotopic (exact) mass is 377 g/mol. The molecule has 2 rings (SSSR count). The first kappa shape index (κ1) is 20.5. The number of carbonyl (C=O) groups excluding carboxylic acids is 1. The van der Waals surface area contributed by atoms with Gasteiger partial charge in [-0.15, -0.1) is 0 Å². The number of halogens is 3. The van der Waals surface area contributed by atoms with Crippen LogP contribution < -0.4 is 5.56 Å². The van der Waals surface area contributed by atoms with Crippen LogP contribution in [-0.2, 0) is 17.8 Å². The van der Waals surface area contributed by atoms with Gasteiger partial charge in [-0.05, 0) is 31.6 Å². The van der Waals surface area contributed by atoms with E-state index in [0.29, 0.717) is 12.2 Å². The molecule has 1 aliphatic heterocycles. The van der Waals surface area contributed by atoms with E-state index in [2.05, 4.69) is 5.10 Å². The molecule has 26 heavy (non-hydrogen) atoms. The molecule has 0 bridgehead atoms. The lowest BCUT2D eigenvalue weighted by atomic mass is 9.81. The molecule has 6 nitrogen and oxygen atoms in total. The molecule has 0 aliphatic carbocycles. The molecule has 2 N–H and O–H groups in total. The van der Waals surface area contributed by atoms with Gasteiger partial charge in [0.15, 0.2) is 5.60 Å². The van der Waals surface area contributed by atoms with Crippen LogP contribution in [0.5, 0.6) is 0 Å². The molecule has 1 aliphatic rings. The molecule has 1 aromatic rings. The standard InChI is InChI=1S/C17H26F3N3O3/c1-11(2)10-23-15(25)9-13(21-23)8-14(24)22-6-4-12(5-7-22)16(3,26)17(18,19)20/h9,11-12,21,26H,4-8,10H2,1-3H3. The Balaban J connectivity index is 1.94. The second kappa shape index (κ2) is 7.46. The zero-order chi connectivity index (χ0) is 19.7. The molecule has 1 amide bonds. The van der Waals surface area contributed by atoms with Gasteiger partial charge in [0, 0.05) is 31.4 Å². The van der Waals surface area contributed by atoms with E-state index in [9.17, 15) is 27.9 Å². The minimum absolute atomic E-state index is 0.000660. The number of aromatic nitrogens is 2. The zero-order valence-corrected chi connectivity index (χ0v) is 15.3. The van der Waals surface area contributed by atoms with Crippen molar-refractivity contribution in [3.05, 3.63) is 22.1 Å². The molecular formula is C17H26F3N3O3. The van der Waals surface area contributed by atoms with Crippen molar-refractivity contribution in [2.75, 3.05) is 13.1 Å². The molecule has 2 heterocycles. The highest BCUT2D eigenvalue weighted by atomic mass is 19.4. The van der Waals surface area contributed by atoms with Crippen molar-refractivity contribution < 1.29 is 23.1 Å². The van der Waals surface area contributed by atoms with Gasteiger partial charge in [-0.3, -0.25) is 19.4 Å². The summed E-state index contributed by atoms with van der Waals surface area (Å²) in [5.41, 5.74) is -2.46. The van der Waals surface area contributed by atoms with Gasteiger partial charge in [0.05, 0.1) is 6.42 Å². The van der Waals surface area contributed by atoms with Crippen molar-refractivity contribution in [2.45, 2.75) is 58.4 Å². The van der Waals surface area contributed by atoms with Crippen LogP contribution in [0.1, 0.15) is 39.3 Å². The van der Waals surface area contributed by atoms with Gasteiger partial charge in [-0.25, -0.2) is 0 Å². The summed E-state index contributed by atoms with van der Waals surface area (Å²) in [5.74, 6) is -0.901.